The number of hydrogen-bond acceptors (Lipinski definition) is 7. The van der Waals surface area contributed by atoms with Gasteiger partial charge in [0.25, 0.3) is 0 Å². The molecule has 0 radical (unpaired) electrons. The molecule has 0 saturated carbocycles. The van der Waals surface area contributed by atoms with Crippen LogP contribution in [-0.2, 0) is 24.4 Å². The number of fused-ring (bicyclic) bond motifs is 2. The van der Waals surface area contributed by atoms with Crippen molar-refractivity contribution < 1.29 is 13.9 Å². The Morgan fingerprint density at radius 1 is 1.15 bits per heavy atom. The highest BCUT2D eigenvalue weighted by molar-refractivity contribution is 5.98. The summed E-state index contributed by atoms with van der Waals surface area (Å²) in [5.74, 6) is 1.38. The van der Waals surface area contributed by atoms with Crippen LogP contribution < -0.4 is 14.5 Å². The minimum atomic E-state index is -0.233. The van der Waals surface area contributed by atoms with Crippen LogP contribution in [0.3, 0.4) is 0 Å². The second kappa shape index (κ2) is 8.11. The summed E-state index contributed by atoms with van der Waals surface area (Å²) in [5, 5.41) is 8.18. The molecule has 3 aliphatic heterocycles. The fourth-order valence-corrected chi connectivity index (χ4v) is 4.82. The third-order valence-corrected chi connectivity index (χ3v) is 6.56. The van der Waals surface area contributed by atoms with E-state index in [4.69, 9.17) is 4.74 Å². The van der Waals surface area contributed by atoms with Gasteiger partial charge in [0.1, 0.15) is 30.1 Å². The van der Waals surface area contributed by atoms with Gasteiger partial charge in [0.05, 0.1) is 31.4 Å². The van der Waals surface area contributed by atoms with Gasteiger partial charge in [-0.3, -0.25) is 14.7 Å². The smallest absolute Gasteiger partial charge is 0.232 e. The van der Waals surface area contributed by atoms with Crippen molar-refractivity contribution in [3.05, 3.63) is 60.2 Å². The van der Waals surface area contributed by atoms with Gasteiger partial charge in [-0.15, -0.1) is 10.2 Å². The standard InChI is InChI=1S/C23H24FN7O2/c24-18-3-1-2-16(8-18)11-28-12-17(13-28)23(32)31-6-7-33-22-19(9-25-10-20(22)31)29-4-5-30-15-26-27-21(30)14-29/h1-3,8-10,15,17H,4-7,11-14H2. The van der Waals surface area contributed by atoms with Crippen molar-refractivity contribution in [2.75, 3.05) is 42.6 Å². The predicted octanol–water partition coefficient (Wildman–Crippen LogP) is 1.69. The van der Waals surface area contributed by atoms with Gasteiger partial charge in [-0.05, 0) is 17.7 Å². The third kappa shape index (κ3) is 3.70. The maximum Gasteiger partial charge on any atom is 0.232 e. The normalized spacial score (nSPS) is 18.3. The molecule has 1 aromatic carbocycles. The molecular formula is C23H24FN7O2. The number of hydrogen-bond donors (Lipinski definition) is 0. The number of ether oxygens (including phenoxy) is 1. The van der Waals surface area contributed by atoms with Gasteiger partial charge in [0, 0.05) is 32.7 Å². The zero-order valence-electron chi connectivity index (χ0n) is 18.1. The minimum absolute atomic E-state index is 0.0818. The van der Waals surface area contributed by atoms with Crippen LogP contribution in [0.2, 0.25) is 0 Å². The van der Waals surface area contributed by atoms with Crippen molar-refractivity contribution in [1.82, 2.24) is 24.6 Å². The van der Waals surface area contributed by atoms with E-state index < -0.39 is 0 Å². The summed E-state index contributed by atoms with van der Waals surface area (Å²) in [5.41, 5.74) is 2.52. The van der Waals surface area contributed by atoms with Crippen LogP contribution in [0.15, 0.2) is 43.0 Å². The first-order chi connectivity index (χ1) is 16.2. The first-order valence-corrected chi connectivity index (χ1v) is 11.2. The van der Waals surface area contributed by atoms with Gasteiger partial charge >= 0.3 is 0 Å². The summed E-state index contributed by atoms with van der Waals surface area (Å²) in [6.45, 7) is 5.12. The predicted molar refractivity (Wildman–Crippen MR) is 118 cm³/mol. The molecule has 1 fully saturated rings. The summed E-state index contributed by atoms with van der Waals surface area (Å²) < 4.78 is 21.5. The van der Waals surface area contributed by atoms with E-state index >= 15 is 0 Å². The fraction of sp³-hybridized carbons (Fsp3) is 0.391. The molecule has 0 N–H and O–H groups in total. The Morgan fingerprint density at radius 3 is 2.91 bits per heavy atom. The van der Waals surface area contributed by atoms with E-state index in [1.807, 2.05) is 15.5 Å². The van der Waals surface area contributed by atoms with E-state index in [0.29, 0.717) is 45.1 Å². The largest absolute Gasteiger partial charge is 0.487 e. The lowest BCUT2D eigenvalue weighted by Gasteiger charge is -2.42. The van der Waals surface area contributed by atoms with Crippen molar-refractivity contribution in [3.8, 4) is 5.75 Å². The second-order valence-corrected chi connectivity index (χ2v) is 8.73. The first kappa shape index (κ1) is 20.1. The van der Waals surface area contributed by atoms with E-state index in [1.54, 1.807) is 30.9 Å². The molecule has 0 atom stereocenters. The Labute approximate surface area is 190 Å². The number of pyridine rings is 1. The average Bonchev–Trinajstić information content (AvgIpc) is 3.28. The molecule has 6 rings (SSSR count). The van der Waals surface area contributed by atoms with Crippen LogP contribution in [0.1, 0.15) is 11.4 Å². The summed E-state index contributed by atoms with van der Waals surface area (Å²) in [7, 11) is 0. The second-order valence-electron chi connectivity index (χ2n) is 8.73. The molecule has 2 aromatic heterocycles. The molecule has 170 valence electrons. The lowest BCUT2D eigenvalue weighted by molar-refractivity contribution is -0.128. The topological polar surface area (TPSA) is 79.6 Å². The number of amides is 1. The van der Waals surface area contributed by atoms with E-state index in [0.717, 1.165) is 35.9 Å². The molecule has 3 aliphatic rings. The molecule has 1 amide bonds. The van der Waals surface area contributed by atoms with Crippen molar-refractivity contribution in [1.29, 1.82) is 0 Å². The number of carbonyl (C=O) groups is 1. The number of likely N-dealkylation sites (tertiary alicyclic amines) is 1. The SMILES string of the molecule is O=C(C1CN(Cc2cccc(F)c2)C1)N1CCOc2c(N3CCn4cnnc4C3)cncc21. The van der Waals surface area contributed by atoms with E-state index in [2.05, 4.69) is 25.0 Å². The van der Waals surface area contributed by atoms with Gasteiger partial charge in [0.15, 0.2) is 11.6 Å². The zero-order chi connectivity index (χ0) is 22.4. The summed E-state index contributed by atoms with van der Waals surface area (Å²) in [6, 6.07) is 6.61. The Balaban J connectivity index is 1.16. The Bertz CT molecular complexity index is 1190. The van der Waals surface area contributed by atoms with Gasteiger partial charge < -0.3 is 19.1 Å². The van der Waals surface area contributed by atoms with Crippen LogP contribution in [0.5, 0.6) is 5.75 Å². The van der Waals surface area contributed by atoms with Crippen molar-refractivity contribution in [2.24, 2.45) is 5.92 Å². The van der Waals surface area contributed by atoms with Crippen molar-refractivity contribution >= 4 is 17.3 Å². The molecule has 3 aromatic rings. The Hall–Kier alpha value is -3.53. The minimum Gasteiger partial charge on any atom is -0.487 e. The molecule has 33 heavy (non-hydrogen) atoms. The highest BCUT2D eigenvalue weighted by atomic mass is 19.1. The zero-order valence-corrected chi connectivity index (χ0v) is 18.1. The molecule has 0 bridgehead atoms. The first-order valence-electron chi connectivity index (χ1n) is 11.2. The van der Waals surface area contributed by atoms with Crippen LogP contribution >= 0.6 is 0 Å². The molecule has 5 heterocycles. The fourth-order valence-electron chi connectivity index (χ4n) is 4.82. The third-order valence-electron chi connectivity index (χ3n) is 6.56. The average molecular weight is 449 g/mol. The highest BCUT2D eigenvalue weighted by Crippen LogP contribution is 2.41. The van der Waals surface area contributed by atoms with Gasteiger partial charge in [-0.1, -0.05) is 12.1 Å². The highest BCUT2D eigenvalue weighted by Gasteiger charge is 2.38. The van der Waals surface area contributed by atoms with Crippen LogP contribution in [0.25, 0.3) is 0 Å². The van der Waals surface area contributed by atoms with Gasteiger partial charge in [-0.25, -0.2) is 4.39 Å². The van der Waals surface area contributed by atoms with E-state index in [9.17, 15) is 9.18 Å². The summed E-state index contributed by atoms with van der Waals surface area (Å²) in [6.07, 6.45) is 5.26. The molecule has 0 spiro atoms. The monoisotopic (exact) mass is 449 g/mol. The molecule has 9 nitrogen and oxygen atoms in total. The molecule has 0 aliphatic carbocycles. The number of aromatic nitrogens is 4. The lowest BCUT2D eigenvalue weighted by Crippen LogP contribution is -2.55. The molecule has 1 saturated heterocycles. The number of rotatable bonds is 4. The van der Waals surface area contributed by atoms with Crippen LogP contribution in [0.4, 0.5) is 15.8 Å². The Kier molecular flexibility index (Phi) is 4.94. The number of benzene rings is 1. The van der Waals surface area contributed by atoms with Gasteiger partial charge in [-0.2, -0.15) is 0 Å². The van der Waals surface area contributed by atoms with E-state index in [1.165, 1.54) is 6.07 Å². The summed E-state index contributed by atoms with van der Waals surface area (Å²) in [4.78, 5) is 23.9. The van der Waals surface area contributed by atoms with Crippen molar-refractivity contribution in [3.63, 3.8) is 0 Å². The Morgan fingerprint density at radius 2 is 2.03 bits per heavy atom. The lowest BCUT2D eigenvalue weighted by atomic mass is 9.97. The number of nitrogens with zero attached hydrogens (tertiary/aromatic N) is 7. The number of halogens is 1. The maximum atomic E-state index is 13.4. The number of carbonyl (C=O) groups excluding carboxylic acids is 1. The quantitative estimate of drug-likeness (QED) is 0.600. The molecule has 10 heteroatoms. The molecule has 0 unspecified atom stereocenters. The van der Waals surface area contributed by atoms with Crippen LogP contribution in [-0.4, -0.2) is 63.3 Å². The van der Waals surface area contributed by atoms with E-state index in [-0.39, 0.29) is 17.6 Å². The number of anilines is 2. The van der Waals surface area contributed by atoms with Crippen LogP contribution in [0, 0.1) is 11.7 Å². The maximum absolute atomic E-state index is 13.4. The summed E-state index contributed by atoms with van der Waals surface area (Å²) >= 11 is 0. The molecular weight excluding hydrogens is 425 g/mol. The van der Waals surface area contributed by atoms with Gasteiger partial charge in [0.2, 0.25) is 5.91 Å². The van der Waals surface area contributed by atoms with Crippen molar-refractivity contribution in [2.45, 2.75) is 19.6 Å².